The molecule has 0 aliphatic heterocycles. The summed E-state index contributed by atoms with van der Waals surface area (Å²) in [6, 6.07) is 4.01. The van der Waals surface area contributed by atoms with Crippen molar-refractivity contribution in [3.63, 3.8) is 0 Å². The number of nitrogens with one attached hydrogen (secondary N) is 1. The van der Waals surface area contributed by atoms with Gasteiger partial charge in [-0.3, -0.25) is 0 Å². The summed E-state index contributed by atoms with van der Waals surface area (Å²) in [7, 11) is 0. The molecule has 0 aliphatic rings. The molecule has 0 aromatic carbocycles. The van der Waals surface area contributed by atoms with E-state index in [1.54, 1.807) is 11.3 Å². The van der Waals surface area contributed by atoms with Crippen LogP contribution in [0.25, 0.3) is 0 Å². The molecule has 0 saturated heterocycles. The van der Waals surface area contributed by atoms with E-state index in [1.165, 1.54) is 10.6 Å². The molecule has 0 unspecified atom stereocenters. The van der Waals surface area contributed by atoms with Gasteiger partial charge in [0.1, 0.15) is 0 Å². The number of hydrogen-bond acceptors (Lipinski definition) is 3. The molecule has 2 aromatic rings. The molecule has 5 heteroatoms. The highest BCUT2D eigenvalue weighted by atomic mass is 35.5. The van der Waals surface area contributed by atoms with Crippen LogP contribution in [0.1, 0.15) is 24.4 Å². The highest BCUT2D eigenvalue weighted by molar-refractivity contribution is 7.16. The van der Waals surface area contributed by atoms with Crippen LogP contribution in [0.15, 0.2) is 24.7 Å². The first-order valence-electron chi connectivity index (χ1n) is 6.09. The van der Waals surface area contributed by atoms with Crippen LogP contribution in [0.4, 0.5) is 0 Å². The molecule has 0 fully saturated rings. The average Bonchev–Trinajstić information content (AvgIpc) is 2.89. The number of aromatic nitrogens is 2. The number of nitrogens with zero attached hydrogens (tertiary/aromatic N) is 2. The minimum Gasteiger partial charge on any atom is -0.328 e. The molecule has 2 heterocycles. The summed E-state index contributed by atoms with van der Waals surface area (Å²) in [5, 5.41) is 3.44. The summed E-state index contributed by atoms with van der Waals surface area (Å²) in [5.41, 5.74) is 1.21. The number of halogens is 1. The van der Waals surface area contributed by atoms with Gasteiger partial charge in [-0.25, -0.2) is 4.98 Å². The molecular formula is C13H18ClN3S. The van der Waals surface area contributed by atoms with E-state index in [4.69, 9.17) is 11.6 Å². The Bertz CT molecular complexity index is 490. The predicted molar refractivity (Wildman–Crippen MR) is 77.2 cm³/mol. The van der Waals surface area contributed by atoms with Gasteiger partial charge in [0.05, 0.1) is 22.9 Å². The molecule has 98 valence electrons. The van der Waals surface area contributed by atoms with E-state index in [-0.39, 0.29) is 0 Å². The van der Waals surface area contributed by atoms with E-state index >= 15 is 0 Å². The second-order valence-electron chi connectivity index (χ2n) is 4.74. The Hall–Kier alpha value is -0.840. The summed E-state index contributed by atoms with van der Waals surface area (Å²) >= 11 is 7.56. The maximum absolute atomic E-state index is 5.94. The number of hydrogen-bond donors (Lipinski definition) is 1. The second-order valence-corrected chi connectivity index (χ2v) is 6.54. The summed E-state index contributed by atoms with van der Waals surface area (Å²) in [5.74, 6) is 0.664. The SMILES string of the molecule is CC(C)CNCc1cncn1Cc1ccc(Cl)s1. The van der Waals surface area contributed by atoms with Gasteiger partial charge in [0, 0.05) is 17.6 Å². The van der Waals surface area contributed by atoms with Crippen molar-refractivity contribution in [2.24, 2.45) is 5.92 Å². The quantitative estimate of drug-likeness (QED) is 0.881. The zero-order valence-electron chi connectivity index (χ0n) is 10.7. The van der Waals surface area contributed by atoms with Gasteiger partial charge >= 0.3 is 0 Å². The second kappa shape index (κ2) is 6.36. The molecule has 18 heavy (non-hydrogen) atoms. The lowest BCUT2D eigenvalue weighted by Crippen LogP contribution is -2.20. The van der Waals surface area contributed by atoms with Crippen molar-refractivity contribution in [1.82, 2.24) is 14.9 Å². The fourth-order valence-corrected chi connectivity index (χ4v) is 2.82. The van der Waals surface area contributed by atoms with Crippen LogP contribution in [0.5, 0.6) is 0 Å². The van der Waals surface area contributed by atoms with Crippen LogP contribution in [0, 0.1) is 5.92 Å². The Kier molecular flexibility index (Phi) is 4.80. The van der Waals surface area contributed by atoms with Crippen LogP contribution < -0.4 is 5.32 Å². The van der Waals surface area contributed by atoms with Crippen LogP contribution in [-0.4, -0.2) is 16.1 Å². The predicted octanol–water partition coefficient (Wildman–Crippen LogP) is 3.39. The van der Waals surface area contributed by atoms with Gasteiger partial charge in [0.15, 0.2) is 0 Å². The Labute approximate surface area is 117 Å². The Morgan fingerprint density at radius 1 is 1.44 bits per heavy atom. The summed E-state index contributed by atoms with van der Waals surface area (Å²) in [6.07, 6.45) is 3.79. The van der Waals surface area contributed by atoms with Crippen LogP contribution in [0.2, 0.25) is 4.34 Å². The first-order valence-corrected chi connectivity index (χ1v) is 7.28. The fraction of sp³-hybridized carbons (Fsp3) is 0.462. The molecule has 2 rings (SSSR count). The van der Waals surface area contributed by atoms with Gasteiger partial charge in [0.2, 0.25) is 0 Å². The molecule has 0 amide bonds. The lowest BCUT2D eigenvalue weighted by atomic mass is 10.2. The topological polar surface area (TPSA) is 29.9 Å². The zero-order valence-corrected chi connectivity index (χ0v) is 12.3. The number of thiophene rings is 1. The third-order valence-electron chi connectivity index (χ3n) is 2.61. The molecule has 0 spiro atoms. The van der Waals surface area contributed by atoms with Gasteiger partial charge in [-0.15, -0.1) is 11.3 Å². The molecule has 0 radical (unpaired) electrons. The highest BCUT2D eigenvalue weighted by Crippen LogP contribution is 2.22. The fourth-order valence-electron chi connectivity index (χ4n) is 1.73. The summed E-state index contributed by atoms with van der Waals surface area (Å²) < 4.78 is 3.00. The van der Waals surface area contributed by atoms with Crippen LogP contribution in [-0.2, 0) is 13.1 Å². The third kappa shape index (κ3) is 3.83. The maximum atomic E-state index is 5.94. The first-order chi connectivity index (χ1) is 8.65. The average molecular weight is 284 g/mol. The minimum absolute atomic E-state index is 0.664. The lowest BCUT2D eigenvalue weighted by molar-refractivity contribution is 0.539. The van der Waals surface area contributed by atoms with Crippen molar-refractivity contribution >= 4 is 22.9 Å². The van der Waals surface area contributed by atoms with Gasteiger partial charge in [-0.2, -0.15) is 0 Å². The standard InChI is InChI=1S/C13H18ClN3S/c1-10(2)5-15-6-11-7-16-9-17(11)8-12-3-4-13(14)18-12/h3-4,7,9-10,15H,5-6,8H2,1-2H3. The molecule has 3 nitrogen and oxygen atoms in total. The molecular weight excluding hydrogens is 266 g/mol. The van der Waals surface area contributed by atoms with E-state index in [0.717, 1.165) is 24.0 Å². The van der Waals surface area contributed by atoms with Crippen molar-refractivity contribution in [3.8, 4) is 0 Å². The number of rotatable bonds is 6. The largest absolute Gasteiger partial charge is 0.328 e. The van der Waals surface area contributed by atoms with E-state index in [0.29, 0.717) is 5.92 Å². The van der Waals surface area contributed by atoms with E-state index in [1.807, 2.05) is 18.6 Å². The molecule has 0 bridgehead atoms. The zero-order chi connectivity index (χ0) is 13.0. The number of imidazole rings is 1. The highest BCUT2D eigenvalue weighted by Gasteiger charge is 2.05. The van der Waals surface area contributed by atoms with Crippen LogP contribution in [0.3, 0.4) is 0 Å². The van der Waals surface area contributed by atoms with Crippen molar-refractivity contribution in [2.75, 3.05) is 6.54 Å². The Morgan fingerprint density at radius 2 is 2.28 bits per heavy atom. The molecule has 0 saturated carbocycles. The van der Waals surface area contributed by atoms with E-state index in [2.05, 4.69) is 34.8 Å². The monoisotopic (exact) mass is 283 g/mol. The summed E-state index contributed by atoms with van der Waals surface area (Å²) in [4.78, 5) is 5.47. The Balaban J connectivity index is 1.95. The third-order valence-corrected chi connectivity index (χ3v) is 3.83. The molecule has 2 aromatic heterocycles. The molecule has 0 aliphatic carbocycles. The summed E-state index contributed by atoms with van der Waals surface area (Å²) in [6.45, 7) is 7.14. The van der Waals surface area contributed by atoms with Crippen molar-refractivity contribution in [2.45, 2.75) is 26.9 Å². The van der Waals surface area contributed by atoms with Crippen molar-refractivity contribution < 1.29 is 0 Å². The van der Waals surface area contributed by atoms with Crippen molar-refractivity contribution in [1.29, 1.82) is 0 Å². The first kappa shape index (κ1) is 13.6. The van der Waals surface area contributed by atoms with Gasteiger partial charge in [-0.1, -0.05) is 25.4 Å². The lowest BCUT2D eigenvalue weighted by Gasteiger charge is -2.09. The minimum atomic E-state index is 0.664. The van der Waals surface area contributed by atoms with Crippen molar-refractivity contribution in [3.05, 3.63) is 39.6 Å². The molecule has 0 atom stereocenters. The van der Waals surface area contributed by atoms with Crippen LogP contribution >= 0.6 is 22.9 Å². The van der Waals surface area contributed by atoms with E-state index in [9.17, 15) is 0 Å². The molecule has 1 N–H and O–H groups in total. The van der Waals surface area contributed by atoms with Gasteiger partial charge in [0.25, 0.3) is 0 Å². The smallest absolute Gasteiger partial charge is 0.0952 e. The normalized spacial score (nSPS) is 11.3. The van der Waals surface area contributed by atoms with E-state index < -0.39 is 0 Å². The maximum Gasteiger partial charge on any atom is 0.0952 e. The van der Waals surface area contributed by atoms with Gasteiger partial charge < -0.3 is 9.88 Å². The van der Waals surface area contributed by atoms with Gasteiger partial charge in [-0.05, 0) is 24.6 Å². The Morgan fingerprint density at radius 3 is 2.94 bits per heavy atom.